The molecule has 0 aromatic carbocycles. The van der Waals surface area contributed by atoms with E-state index in [9.17, 15) is 8.78 Å². The Morgan fingerprint density at radius 3 is 2.56 bits per heavy atom. The van der Waals surface area contributed by atoms with E-state index in [1.807, 2.05) is 0 Å². The van der Waals surface area contributed by atoms with E-state index >= 15 is 0 Å². The van der Waals surface area contributed by atoms with E-state index in [1.165, 1.54) is 0 Å². The van der Waals surface area contributed by atoms with Gasteiger partial charge in [0.15, 0.2) is 0 Å². The van der Waals surface area contributed by atoms with Gasteiger partial charge in [-0.3, -0.25) is 0 Å². The summed E-state index contributed by atoms with van der Waals surface area (Å²) in [5, 5.41) is 2.60. The monoisotopic (exact) mass is 136 g/mol. The second-order valence-corrected chi connectivity index (χ2v) is 1.80. The zero-order valence-electron chi connectivity index (χ0n) is 5.37. The van der Waals surface area contributed by atoms with Crippen molar-refractivity contribution in [1.82, 2.24) is 5.32 Å². The Balaban J connectivity index is 2.75. The van der Waals surface area contributed by atoms with Crippen LogP contribution in [0.3, 0.4) is 0 Å². The van der Waals surface area contributed by atoms with Gasteiger partial charge in [0.25, 0.3) is 6.43 Å². The van der Waals surface area contributed by atoms with Crippen LogP contribution in [0, 0.1) is 6.92 Å². The van der Waals surface area contributed by atoms with Crippen LogP contribution in [0.25, 0.3) is 0 Å². The number of rotatable bonds is 5. The number of unbranched alkanes of at least 4 members (excludes halogenated alkanes) is 1. The first-order chi connectivity index (χ1) is 4.27. The van der Waals surface area contributed by atoms with Crippen molar-refractivity contribution < 1.29 is 8.78 Å². The van der Waals surface area contributed by atoms with Crippen molar-refractivity contribution in [3.8, 4) is 0 Å². The minimum Gasteiger partial charge on any atom is -0.311 e. The van der Waals surface area contributed by atoms with Crippen molar-refractivity contribution in [1.29, 1.82) is 0 Å². The normalized spacial score (nSPS) is 10.7. The summed E-state index contributed by atoms with van der Waals surface area (Å²) >= 11 is 0. The highest BCUT2D eigenvalue weighted by atomic mass is 19.3. The van der Waals surface area contributed by atoms with Gasteiger partial charge in [-0.1, -0.05) is 13.3 Å². The van der Waals surface area contributed by atoms with Crippen LogP contribution in [0.1, 0.15) is 12.8 Å². The number of hydrogen-bond donors (Lipinski definition) is 1. The molecule has 0 fully saturated rings. The Bertz CT molecular complexity index is 57.0. The first kappa shape index (κ1) is 8.82. The molecule has 0 aliphatic carbocycles. The maximum atomic E-state index is 11.4. The van der Waals surface area contributed by atoms with E-state index in [1.54, 1.807) is 0 Å². The van der Waals surface area contributed by atoms with E-state index in [0.29, 0.717) is 6.54 Å². The van der Waals surface area contributed by atoms with Gasteiger partial charge in [-0.05, 0) is 13.0 Å². The van der Waals surface area contributed by atoms with Crippen molar-refractivity contribution in [2.24, 2.45) is 0 Å². The van der Waals surface area contributed by atoms with Gasteiger partial charge in [-0.2, -0.15) is 0 Å². The van der Waals surface area contributed by atoms with E-state index in [4.69, 9.17) is 0 Å². The van der Waals surface area contributed by atoms with E-state index < -0.39 is 6.43 Å². The van der Waals surface area contributed by atoms with Crippen molar-refractivity contribution in [3.05, 3.63) is 6.92 Å². The summed E-state index contributed by atoms with van der Waals surface area (Å²) < 4.78 is 22.8. The van der Waals surface area contributed by atoms with E-state index in [0.717, 1.165) is 12.8 Å². The minimum absolute atomic E-state index is 0.194. The molecular formula is C6H12F2N. The predicted octanol–water partition coefficient (Wildman–Crippen LogP) is 1.46. The maximum absolute atomic E-state index is 11.4. The lowest BCUT2D eigenvalue weighted by molar-refractivity contribution is 0.146. The second kappa shape index (κ2) is 5.95. The summed E-state index contributed by atoms with van der Waals surface area (Å²) in [5.41, 5.74) is 0. The lowest BCUT2D eigenvalue weighted by Gasteiger charge is -2.00. The van der Waals surface area contributed by atoms with Crippen LogP contribution in [0.5, 0.6) is 0 Å². The summed E-state index contributed by atoms with van der Waals surface area (Å²) in [4.78, 5) is 0. The van der Waals surface area contributed by atoms with Crippen LogP contribution in [0.2, 0.25) is 0 Å². The van der Waals surface area contributed by atoms with Gasteiger partial charge in [0.2, 0.25) is 0 Å². The molecule has 0 atom stereocenters. The summed E-state index contributed by atoms with van der Waals surface area (Å²) in [5.74, 6) is 0. The van der Waals surface area contributed by atoms with E-state index in [2.05, 4.69) is 12.2 Å². The van der Waals surface area contributed by atoms with Gasteiger partial charge >= 0.3 is 0 Å². The highest BCUT2D eigenvalue weighted by Crippen LogP contribution is 1.88. The molecule has 0 aliphatic rings. The average molecular weight is 136 g/mol. The predicted molar refractivity (Wildman–Crippen MR) is 33.5 cm³/mol. The van der Waals surface area contributed by atoms with Crippen molar-refractivity contribution >= 4 is 0 Å². The molecule has 1 nitrogen and oxygen atoms in total. The van der Waals surface area contributed by atoms with Gasteiger partial charge in [0.1, 0.15) is 0 Å². The van der Waals surface area contributed by atoms with Gasteiger partial charge in [0.05, 0.1) is 6.54 Å². The van der Waals surface area contributed by atoms with Crippen LogP contribution in [-0.2, 0) is 0 Å². The first-order valence-corrected chi connectivity index (χ1v) is 3.05. The Kier molecular flexibility index (Phi) is 5.83. The fourth-order valence-corrected chi connectivity index (χ4v) is 0.461. The van der Waals surface area contributed by atoms with Crippen LogP contribution in [-0.4, -0.2) is 19.5 Å². The van der Waals surface area contributed by atoms with Crippen molar-refractivity contribution in [2.45, 2.75) is 19.3 Å². The molecule has 0 aliphatic heterocycles. The smallest absolute Gasteiger partial charge is 0.250 e. The zero-order chi connectivity index (χ0) is 7.11. The molecule has 0 bridgehead atoms. The number of halogens is 2. The fourth-order valence-electron chi connectivity index (χ4n) is 0.461. The van der Waals surface area contributed by atoms with Gasteiger partial charge in [0, 0.05) is 0 Å². The first-order valence-electron chi connectivity index (χ1n) is 3.05. The minimum atomic E-state index is -2.23. The molecule has 1 radical (unpaired) electrons. The molecule has 1 N–H and O–H groups in total. The number of nitrogens with one attached hydrogen (secondary N) is 1. The molecule has 0 amide bonds. The lowest BCUT2D eigenvalue weighted by Crippen LogP contribution is -2.21. The molecule has 0 saturated heterocycles. The quantitative estimate of drug-likeness (QED) is 0.564. The highest BCUT2D eigenvalue weighted by Gasteiger charge is 1.98. The van der Waals surface area contributed by atoms with Crippen LogP contribution in [0.4, 0.5) is 8.78 Å². The number of hydrogen-bond acceptors (Lipinski definition) is 1. The van der Waals surface area contributed by atoms with Gasteiger partial charge < -0.3 is 5.32 Å². The standard InChI is InChI=1S/C6H12F2N/c1-2-3-4-9-5-6(7)8/h6,9H,1-5H2. The SMILES string of the molecule is [CH2]CCCNCC(F)F. The second-order valence-electron chi connectivity index (χ2n) is 1.80. The summed E-state index contributed by atoms with van der Waals surface area (Å²) in [6.45, 7) is 4.03. The molecule has 0 aromatic heterocycles. The topological polar surface area (TPSA) is 12.0 Å². The van der Waals surface area contributed by atoms with Gasteiger partial charge in [-0.15, -0.1) is 0 Å². The Morgan fingerprint density at radius 1 is 1.44 bits per heavy atom. The molecule has 0 spiro atoms. The summed E-state index contributed by atoms with van der Waals surface area (Å²) in [7, 11) is 0. The van der Waals surface area contributed by atoms with E-state index in [-0.39, 0.29) is 6.54 Å². The Labute approximate surface area is 54.4 Å². The molecule has 3 heteroatoms. The molecule has 0 heterocycles. The largest absolute Gasteiger partial charge is 0.311 e. The molecular weight excluding hydrogens is 124 g/mol. The fraction of sp³-hybridized carbons (Fsp3) is 0.833. The van der Waals surface area contributed by atoms with Crippen LogP contribution >= 0.6 is 0 Å². The molecule has 0 unspecified atom stereocenters. The van der Waals surface area contributed by atoms with Crippen molar-refractivity contribution in [3.63, 3.8) is 0 Å². The third kappa shape index (κ3) is 7.82. The Morgan fingerprint density at radius 2 is 2.11 bits per heavy atom. The molecule has 0 rings (SSSR count). The summed E-state index contributed by atoms with van der Waals surface area (Å²) in [6, 6.07) is 0. The number of alkyl halides is 2. The molecule has 0 saturated carbocycles. The third-order valence-corrected chi connectivity index (χ3v) is 0.902. The average Bonchev–Trinajstić information content (AvgIpc) is 1.80. The lowest BCUT2D eigenvalue weighted by atomic mass is 10.3. The van der Waals surface area contributed by atoms with Crippen molar-refractivity contribution in [2.75, 3.05) is 13.1 Å². The van der Waals surface area contributed by atoms with Crippen LogP contribution < -0.4 is 5.32 Å². The molecule has 55 valence electrons. The maximum Gasteiger partial charge on any atom is 0.250 e. The van der Waals surface area contributed by atoms with Crippen LogP contribution in [0.15, 0.2) is 0 Å². The molecule has 9 heavy (non-hydrogen) atoms. The van der Waals surface area contributed by atoms with Gasteiger partial charge in [-0.25, -0.2) is 8.78 Å². The highest BCUT2D eigenvalue weighted by molar-refractivity contribution is 4.49. The Hall–Kier alpha value is -0.180. The molecule has 0 aromatic rings. The summed E-state index contributed by atoms with van der Waals surface area (Å²) in [6.07, 6.45) is -0.557. The third-order valence-electron chi connectivity index (χ3n) is 0.902. The zero-order valence-corrected chi connectivity index (χ0v) is 5.37.